The molecule has 2 aromatic carbocycles. The lowest BCUT2D eigenvalue weighted by molar-refractivity contribution is 0.216. The summed E-state index contributed by atoms with van der Waals surface area (Å²) in [4.78, 5) is 5.31. The van der Waals surface area contributed by atoms with E-state index < -0.39 is 0 Å². The lowest BCUT2D eigenvalue weighted by Crippen LogP contribution is -2.54. The van der Waals surface area contributed by atoms with Crippen LogP contribution in [0.1, 0.15) is 24.8 Å². The zero-order chi connectivity index (χ0) is 17.1. The molecule has 0 aromatic heterocycles. The highest BCUT2D eigenvalue weighted by molar-refractivity contribution is 5.61. The van der Waals surface area contributed by atoms with Crippen LogP contribution in [0.4, 0.5) is 5.69 Å². The second-order valence-corrected chi connectivity index (χ2v) is 7.31. The molecule has 0 N–H and O–H groups in total. The molecule has 2 aliphatic rings. The third-order valence-corrected chi connectivity index (χ3v) is 5.70. The number of nitrogens with zero attached hydrogens (tertiary/aromatic N) is 2. The van der Waals surface area contributed by atoms with Gasteiger partial charge < -0.3 is 9.64 Å². The minimum Gasteiger partial charge on any atom is -0.495 e. The number of methoxy groups -OCH3 is 1. The number of rotatable bonds is 6. The van der Waals surface area contributed by atoms with Crippen LogP contribution in [-0.4, -0.2) is 43.7 Å². The number of ether oxygens (including phenoxy) is 1. The Labute approximate surface area is 151 Å². The average molecular weight is 336 g/mol. The highest BCUT2D eigenvalue weighted by Gasteiger charge is 2.40. The van der Waals surface area contributed by atoms with E-state index in [1.54, 1.807) is 7.11 Å². The number of hydrogen-bond donors (Lipinski definition) is 0. The van der Waals surface area contributed by atoms with Gasteiger partial charge in [-0.2, -0.15) is 0 Å². The summed E-state index contributed by atoms with van der Waals surface area (Å²) in [5.74, 6) is 1.01. The summed E-state index contributed by atoms with van der Waals surface area (Å²) in [6.07, 6.45) is 5.04. The van der Waals surface area contributed by atoms with Crippen molar-refractivity contribution in [1.29, 1.82) is 0 Å². The summed E-state index contributed by atoms with van der Waals surface area (Å²) < 4.78 is 5.61. The molecule has 2 bridgehead atoms. The Kier molecular flexibility index (Phi) is 4.93. The van der Waals surface area contributed by atoms with Crippen molar-refractivity contribution in [3.63, 3.8) is 0 Å². The van der Waals surface area contributed by atoms with Crippen molar-refractivity contribution in [2.24, 2.45) is 0 Å². The zero-order valence-corrected chi connectivity index (χ0v) is 15.1. The minimum absolute atomic E-state index is 0.631. The molecule has 2 saturated heterocycles. The maximum atomic E-state index is 5.61. The largest absolute Gasteiger partial charge is 0.495 e. The van der Waals surface area contributed by atoms with E-state index in [4.69, 9.17) is 4.74 Å². The van der Waals surface area contributed by atoms with Crippen molar-refractivity contribution >= 4 is 5.69 Å². The molecule has 2 fully saturated rings. The molecule has 25 heavy (non-hydrogen) atoms. The van der Waals surface area contributed by atoms with E-state index in [-0.39, 0.29) is 0 Å². The summed E-state index contributed by atoms with van der Waals surface area (Å²) in [7, 11) is 1.78. The first kappa shape index (κ1) is 16.5. The molecule has 3 heteroatoms. The molecule has 0 saturated carbocycles. The van der Waals surface area contributed by atoms with Gasteiger partial charge in [0.1, 0.15) is 5.75 Å². The van der Waals surface area contributed by atoms with Crippen LogP contribution in [0.5, 0.6) is 5.75 Å². The average Bonchev–Trinajstić information content (AvgIpc) is 2.92. The van der Waals surface area contributed by atoms with E-state index in [9.17, 15) is 0 Å². The Bertz CT molecular complexity index is 673. The van der Waals surface area contributed by atoms with Crippen molar-refractivity contribution in [2.45, 2.75) is 37.8 Å². The molecule has 0 radical (unpaired) electrons. The highest BCUT2D eigenvalue weighted by atomic mass is 16.5. The first-order valence-electron chi connectivity index (χ1n) is 9.53. The third kappa shape index (κ3) is 3.52. The minimum atomic E-state index is 0.631. The lowest BCUT2D eigenvalue weighted by atomic mass is 10.1. The van der Waals surface area contributed by atoms with Crippen molar-refractivity contribution < 1.29 is 4.74 Å². The number of para-hydroxylation sites is 2. The fourth-order valence-electron chi connectivity index (χ4n) is 4.56. The van der Waals surface area contributed by atoms with Gasteiger partial charge in [0.2, 0.25) is 0 Å². The number of aryl methyl sites for hydroxylation is 1. The van der Waals surface area contributed by atoms with E-state index >= 15 is 0 Å². The number of piperazine rings is 1. The van der Waals surface area contributed by atoms with Crippen LogP contribution in [0, 0.1) is 0 Å². The molecule has 0 amide bonds. The van der Waals surface area contributed by atoms with Gasteiger partial charge in [0.25, 0.3) is 0 Å². The first-order valence-corrected chi connectivity index (χ1v) is 9.53. The van der Waals surface area contributed by atoms with Crippen LogP contribution in [0.3, 0.4) is 0 Å². The summed E-state index contributed by atoms with van der Waals surface area (Å²) in [5, 5.41) is 0. The van der Waals surface area contributed by atoms with Gasteiger partial charge in [0, 0.05) is 25.2 Å². The Hall–Kier alpha value is -2.00. The number of hydrogen-bond acceptors (Lipinski definition) is 3. The second-order valence-electron chi connectivity index (χ2n) is 7.31. The number of anilines is 1. The first-order chi connectivity index (χ1) is 12.3. The Morgan fingerprint density at radius 1 is 0.920 bits per heavy atom. The number of fused-ring (bicyclic) bond motifs is 2. The standard InChI is InChI=1S/C22H28N2O/c1-25-22-12-6-5-11-21(22)24-19-13-14-20(24)17-23(16-19)15-7-10-18-8-3-2-4-9-18/h2-6,8-9,11-12,19-20H,7,10,13-17H2,1H3/t19-,20+. The maximum absolute atomic E-state index is 5.61. The van der Waals surface area contributed by atoms with E-state index in [0.717, 1.165) is 5.75 Å². The van der Waals surface area contributed by atoms with Crippen molar-refractivity contribution in [1.82, 2.24) is 4.90 Å². The molecule has 2 atom stereocenters. The number of benzene rings is 2. The smallest absolute Gasteiger partial charge is 0.142 e. The van der Waals surface area contributed by atoms with Crippen LogP contribution in [-0.2, 0) is 6.42 Å². The molecular formula is C22H28N2O. The Morgan fingerprint density at radius 3 is 2.32 bits per heavy atom. The fourth-order valence-corrected chi connectivity index (χ4v) is 4.56. The van der Waals surface area contributed by atoms with E-state index in [0.29, 0.717) is 12.1 Å². The molecule has 0 aliphatic carbocycles. The molecule has 0 spiro atoms. The Morgan fingerprint density at radius 2 is 1.60 bits per heavy atom. The monoisotopic (exact) mass is 336 g/mol. The van der Waals surface area contributed by atoms with Gasteiger partial charge in [-0.3, -0.25) is 4.90 Å². The van der Waals surface area contributed by atoms with Crippen LogP contribution in [0.15, 0.2) is 54.6 Å². The molecule has 3 nitrogen and oxygen atoms in total. The van der Waals surface area contributed by atoms with Crippen molar-refractivity contribution in [3.8, 4) is 5.75 Å². The summed E-state index contributed by atoms with van der Waals surface area (Å²) in [5.41, 5.74) is 2.74. The predicted octanol–water partition coefficient (Wildman–Crippen LogP) is 3.98. The molecule has 2 heterocycles. The second kappa shape index (κ2) is 7.49. The van der Waals surface area contributed by atoms with Gasteiger partial charge in [-0.25, -0.2) is 0 Å². The lowest BCUT2D eigenvalue weighted by Gasteiger charge is -2.43. The van der Waals surface area contributed by atoms with E-state index in [2.05, 4.69) is 64.4 Å². The summed E-state index contributed by atoms with van der Waals surface area (Å²) in [6, 6.07) is 20.6. The molecular weight excluding hydrogens is 308 g/mol. The van der Waals surface area contributed by atoms with Crippen LogP contribution in [0.2, 0.25) is 0 Å². The van der Waals surface area contributed by atoms with E-state index in [1.807, 2.05) is 0 Å². The molecule has 0 unspecified atom stereocenters. The normalized spacial score (nSPS) is 23.0. The van der Waals surface area contributed by atoms with Crippen LogP contribution >= 0.6 is 0 Å². The molecule has 4 rings (SSSR count). The van der Waals surface area contributed by atoms with Crippen molar-refractivity contribution in [2.75, 3.05) is 31.6 Å². The number of likely N-dealkylation sites (tertiary alicyclic amines) is 1. The molecule has 2 aliphatic heterocycles. The van der Waals surface area contributed by atoms with Gasteiger partial charge in [0.05, 0.1) is 12.8 Å². The quantitative estimate of drug-likeness (QED) is 0.793. The highest BCUT2D eigenvalue weighted by Crippen LogP contribution is 2.39. The van der Waals surface area contributed by atoms with Crippen LogP contribution in [0.25, 0.3) is 0 Å². The van der Waals surface area contributed by atoms with Gasteiger partial charge in [0.15, 0.2) is 0 Å². The van der Waals surface area contributed by atoms with Gasteiger partial charge in [-0.15, -0.1) is 0 Å². The zero-order valence-electron chi connectivity index (χ0n) is 15.1. The van der Waals surface area contributed by atoms with Gasteiger partial charge in [-0.1, -0.05) is 42.5 Å². The molecule has 2 aromatic rings. The summed E-state index contributed by atoms with van der Waals surface area (Å²) in [6.45, 7) is 3.58. The summed E-state index contributed by atoms with van der Waals surface area (Å²) >= 11 is 0. The fraction of sp³-hybridized carbons (Fsp3) is 0.455. The predicted molar refractivity (Wildman–Crippen MR) is 103 cm³/mol. The van der Waals surface area contributed by atoms with Gasteiger partial charge in [-0.05, 0) is 49.9 Å². The topological polar surface area (TPSA) is 15.7 Å². The maximum Gasteiger partial charge on any atom is 0.142 e. The van der Waals surface area contributed by atoms with Crippen LogP contribution < -0.4 is 9.64 Å². The SMILES string of the molecule is COc1ccccc1N1[C@@H]2CC[C@H]1CN(CCCc1ccccc1)C2. The van der Waals surface area contributed by atoms with Gasteiger partial charge >= 0.3 is 0 Å². The van der Waals surface area contributed by atoms with Crippen molar-refractivity contribution in [3.05, 3.63) is 60.2 Å². The third-order valence-electron chi connectivity index (χ3n) is 5.70. The van der Waals surface area contributed by atoms with E-state index in [1.165, 1.54) is 56.6 Å². The molecule has 132 valence electrons. The Balaban J connectivity index is 1.37.